The van der Waals surface area contributed by atoms with Crippen molar-refractivity contribution in [2.75, 3.05) is 19.5 Å². The largest absolute Gasteiger partial charge is 0.497 e. The third-order valence-corrected chi connectivity index (χ3v) is 4.89. The molecule has 1 aliphatic rings. The Kier molecular flexibility index (Phi) is 6.22. The number of nitrogens with zero attached hydrogens (tertiary/aromatic N) is 1. The molecule has 0 radical (unpaired) electrons. The number of carbonyl (C=O) groups excluding carboxylic acids is 2. The molecule has 1 aliphatic heterocycles. The van der Waals surface area contributed by atoms with E-state index in [-0.39, 0.29) is 31.4 Å². The van der Waals surface area contributed by atoms with Crippen LogP contribution in [0.5, 0.6) is 5.75 Å². The van der Waals surface area contributed by atoms with Crippen molar-refractivity contribution in [3.05, 3.63) is 58.7 Å². The summed E-state index contributed by atoms with van der Waals surface area (Å²) >= 11 is 0. The molecule has 1 atom stereocenters. The van der Waals surface area contributed by atoms with Gasteiger partial charge in [0, 0.05) is 36.5 Å². The average Bonchev–Trinajstić information content (AvgIpc) is 3.06. The molecule has 1 unspecified atom stereocenters. The van der Waals surface area contributed by atoms with E-state index in [9.17, 15) is 9.59 Å². The van der Waals surface area contributed by atoms with Crippen molar-refractivity contribution in [1.29, 1.82) is 5.41 Å². The standard InChI is InChI=1S/C21H25N5O4/c1-3-30-21(26-11-14-8-15(29-2)6-7-16(14)20(26)28)19(27)25-10-13-5-4-12(18(23)24)9-17(13)22/h4-9,21H,3,10-11,22H2,1-2H3,(H3,23,24)(H,25,27). The van der Waals surface area contributed by atoms with Gasteiger partial charge in [0.2, 0.25) is 6.23 Å². The molecule has 9 nitrogen and oxygen atoms in total. The number of benzene rings is 2. The van der Waals surface area contributed by atoms with E-state index in [4.69, 9.17) is 26.4 Å². The lowest BCUT2D eigenvalue weighted by molar-refractivity contribution is -0.143. The first-order valence-corrected chi connectivity index (χ1v) is 9.45. The van der Waals surface area contributed by atoms with E-state index in [1.165, 1.54) is 4.90 Å². The minimum atomic E-state index is -1.07. The second-order valence-corrected chi connectivity index (χ2v) is 6.81. The van der Waals surface area contributed by atoms with Gasteiger partial charge in [0.25, 0.3) is 11.8 Å². The summed E-state index contributed by atoms with van der Waals surface area (Å²) < 4.78 is 10.8. The summed E-state index contributed by atoms with van der Waals surface area (Å²) in [5, 5.41) is 10.2. The molecular weight excluding hydrogens is 386 g/mol. The van der Waals surface area contributed by atoms with Gasteiger partial charge in [0.15, 0.2) is 0 Å². The highest BCUT2D eigenvalue weighted by atomic mass is 16.5. The quantitative estimate of drug-likeness (QED) is 0.292. The number of hydrogen-bond donors (Lipinski definition) is 4. The molecule has 2 amide bonds. The maximum atomic E-state index is 12.9. The van der Waals surface area contributed by atoms with Crippen molar-refractivity contribution in [1.82, 2.24) is 10.2 Å². The topological polar surface area (TPSA) is 144 Å². The van der Waals surface area contributed by atoms with Gasteiger partial charge in [-0.1, -0.05) is 12.1 Å². The van der Waals surface area contributed by atoms with Crippen LogP contribution in [0.25, 0.3) is 0 Å². The van der Waals surface area contributed by atoms with Crippen molar-refractivity contribution in [3.63, 3.8) is 0 Å². The van der Waals surface area contributed by atoms with Crippen LogP contribution in [0.2, 0.25) is 0 Å². The fourth-order valence-corrected chi connectivity index (χ4v) is 3.29. The number of ether oxygens (including phenoxy) is 2. The normalized spacial score (nSPS) is 13.7. The van der Waals surface area contributed by atoms with Crippen LogP contribution in [0.4, 0.5) is 5.69 Å². The molecule has 0 saturated heterocycles. The lowest BCUT2D eigenvalue weighted by atomic mass is 10.1. The van der Waals surface area contributed by atoms with Gasteiger partial charge in [0.1, 0.15) is 11.6 Å². The molecule has 2 aromatic carbocycles. The number of fused-ring (bicyclic) bond motifs is 1. The SMILES string of the molecule is CCOC(C(=O)NCc1ccc(C(=N)N)cc1N)N1Cc2cc(OC)ccc2C1=O. The molecule has 0 aliphatic carbocycles. The monoisotopic (exact) mass is 411 g/mol. The summed E-state index contributed by atoms with van der Waals surface area (Å²) in [6, 6.07) is 10.1. The third-order valence-electron chi connectivity index (χ3n) is 4.89. The van der Waals surface area contributed by atoms with Crippen LogP contribution < -0.4 is 21.5 Å². The van der Waals surface area contributed by atoms with Crippen molar-refractivity contribution in [2.24, 2.45) is 5.73 Å². The number of nitrogens with one attached hydrogen (secondary N) is 2. The molecule has 0 bridgehead atoms. The minimum absolute atomic E-state index is 0.0857. The predicted molar refractivity (Wildman–Crippen MR) is 112 cm³/mol. The maximum absolute atomic E-state index is 12.9. The third kappa shape index (κ3) is 4.20. The number of amides is 2. The van der Waals surface area contributed by atoms with E-state index in [1.54, 1.807) is 50.4 Å². The molecule has 30 heavy (non-hydrogen) atoms. The van der Waals surface area contributed by atoms with Gasteiger partial charge in [-0.15, -0.1) is 0 Å². The smallest absolute Gasteiger partial charge is 0.270 e. The summed E-state index contributed by atoms with van der Waals surface area (Å²) in [6.07, 6.45) is -1.07. The Bertz CT molecular complexity index is 991. The van der Waals surface area contributed by atoms with Crippen LogP contribution in [0.15, 0.2) is 36.4 Å². The van der Waals surface area contributed by atoms with Crippen LogP contribution >= 0.6 is 0 Å². The second kappa shape index (κ2) is 8.83. The van der Waals surface area contributed by atoms with Crippen molar-refractivity contribution >= 4 is 23.3 Å². The minimum Gasteiger partial charge on any atom is -0.497 e. The second-order valence-electron chi connectivity index (χ2n) is 6.81. The highest BCUT2D eigenvalue weighted by Crippen LogP contribution is 2.28. The number of nitrogen functional groups attached to an aromatic ring is 2. The number of methoxy groups -OCH3 is 1. The maximum Gasteiger partial charge on any atom is 0.270 e. The molecule has 0 aromatic heterocycles. The molecule has 6 N–H and O–H groups in total. The summed E-state index contributed by atoms with van der Waals surface area (Å²) in [7, 11) is 1.56. The molecular formula is C21H25N5O4. The van der Waals surface area contributed by atoms with Gasteiger partial charge in [0.05, 0.1) is 7.11 Å². The Balaban J connectivity index is 1.73. The van der Waals surface area contributed by atoms with Crippen molar-refractivity contribution in [2.45, 2.75) is 26.2 Å². The molecule has 0 spiro atoms. The van der Waals surface area contributed by atoms with Crippen molar-refractivity contribution < 1.29 is 19.1 Å². The van der Waals surface area contributed by atoms with E-state index < -0.39 is 12.1 Å². The predicted octanol–water partition coefficient (Wildman–Crippen LogP) is 1.20. The molecule has 9 heteroatoms. The zero-order valence-electron chi connectivity index (χ0n) is 16.9. The van der Waals surface area contributed by atoms with E-state index in [0.29, 0.717) is 28.1 Å². The first kappa shape index (κ1) is 21.1. The van der Waals surface area contributed by atoms with E-state index >= 15 is 0 Å². The molecule has 1 heterocycles. The molecule has 0 saturated carbocycles. The van der Waals surface area contributed by atoms with Gasteiger partial charge in [-0.2, -0.15) is 0 Å². The van der Waals surface area contributed by atoms with Gasteiger partial charge >= 0.3 is 0 Å². The van der Waals surface area contributed by atoms with Gasteiger partial charge in [-0.25, -0.2) is 0 Å². The van der Waals surface area contributed by atoms with Crippen LogP contribution in [0.3, 0.4) is 0 Å². The van der Waals surface area contributed by atoms with Crippen molar-refractivity contribution in [3.8, 4) is 5.75 Å². The lowest BCUT2D eigenvalue weighted by Crippen LogP contribution is -2.48. The van der Waals surface area contributed by atoms with Crippen LogP contribution in [-0.2, 0) is 22.6 Å². The van der Waals surface area contributed by atoms with Crippen LogP contribution in [-0.4, -0.2) is 42.5 Å². The summed E-state index contributed by atoms with van der Waals surface area (Å²) in [5.74, 6) is -0.158. The summed E-state index contributed by atoms with van der Waals surface area (Å²) in [5.41, 5.74) is 14.3. The van der Waals surface area contributed by atoms with Gasteiger partial charge in [-0.05, 0) is 42.3 Å². The highest BCUT2D eigenvalue weighted by Gasteiger charge is 2.37. The number of nitrogens with two attached hydrogens (primary N) is 2. The Morgan fingerprint density at radius 2 is 2.07 bits per heavy atom. The Morgan fingerprint density at radius 1 is 1.30 bits per heavy atom. The van der Waals surface area contributed by atoms with E-state index in [2.05, 4.69) is 5.32 Å². The fourth-order valence-electron chi connectivity index (χ4n) is 3.29. The van der Waals surface area contributed by atoms with E-state index in [1.807, 2.05) is 0 Å². The fraction of sp³-hybridized carbons (Fsp3) is 0.286. The van der Waals surface area contributed by atoms with Crippen LogP contribution in [0, 0.1) is 5.41 Å². The lowest BCUT2D eigenvalue weighted by Gasteiger charge is -2.26. The Hall–Kier alpha value is -3.59. The number of hydrogen-bond acceptors (Lipinski definition) is 6. The number of carbonyl (C=O) groups is 2. The molecule has 158 valence electrons. The first-order chi connectivity index (χ1) is 14.3. The van der Waals surface area contributed by atoms with Gasteiger partial charge < -0.3 is 31.2 Å². The average molecular weight is 411 g/mol. The first-order valence-electron chi connectivity index (χ1n) is 9.45. The molecule has 3 rings (SSSR count). The molecule has 0 fully saturated rings. The number of rotatable bonds is 8. The summed E-state index contributed by atoms with van der Waals surface area (Å²) in [6.45, 7) is 2.42. The number of anilines is 1. The van der Waals surface area contributed by atoms with Gasteiger partial charge in [-0.3, -0.25) is 15.0 Å². The summed E-state index contributed by atoms with van der Waals surface area (Å²) in [4.78, 5) is 27.1. The Morgan fingerprint density at radius 3 is 2.70 bits per heavy atom. The highest BCUT2D eigenvalue weighted by molar-refractivity contribution is 6.01. The zero-order valence-corrected chi connectivity index (χ0v) is 16.9. The Labute approximate surface area is 174 Å². The number of amidine groups is 1. The zero-order chi connectivity index (χ0) is 21.8. The molecule has 2 aromatic rings. The van der Waals surface area contributed by atoms with Crippen LogP contribution in [0.1, 0.15) is 34.0 Å². The van der Waals surface area contributed by atoms with E-state index in [0.717, 1.165) is 5.56 Å².